The number of aromatic nitrogens is 4. The summed E-state index contributed by atoms with van der Waals surface area (Å²) in [7, 11) is 4.02. The molecule has 1 saturated heterocycles. The average Bonchev–Trinajstić information content (AvgIpc) is 3.39. The van der Waals surface area contributed by atoms with Gasteiger partial charge in [-0.1, -0.05) is 68.2 Å². The number of nitrogens with zero attached hydrogens (tertiary/aromatic N) is 6. The van der Waals surface area contributed by atoms with Crippen LogP contribution in [0.3, 0.4) is 0 Å². The SMILES string of the molecule is CCc1c(Oc2cc(N3CCN(C)CC3)cc(Cl)c2Cl)nc(NSc2cnn(C)c2)nc1-c1ccccc1CC(C)C. The fourth-order valence-electron chi connectivity index (χ4n) is 5.04. The number of hydrogen-bond donors (Lipinski definition) is 1. The van der Waals surface area contributed by atoms with Crippen molar-refractivity contribution in [1.29, 1.82) is 0 Å². The van der Waals surface area contributed by atoms with Crippen molar-refractivity contribution < 1.29 is 4.74 Å². The third-order valence-corrected chi connectivity index (χ3v) is 8.74. The van der Waals surface area contributed by atoms with Gasteiger partial charge in [0.15, 0.2) is 5.75 Å². The molecule has 1 aliphatic rings. The van der Waals surface area contributed by atoms with Gasteiger partial charge in [-0.05, 0) is 49.4 Å². The predicted molar refractivity (Wildman–Crippen MR) is 174 cm³/mol. The normalized spacial score (nSPS) is 14.0. The molecule has 1 aliphatic heterocycles. The Morgan fingerprint density at radius 3 is 2.50 bits per heavy atom. The lowest BCUT2D eigenvalue weighted by molar-refractivity contribution is 0.312. The molecule has 0 radical (unpaired) electrons. The van der Waals surface area contributed by atoms with E-state index in [0.29, 0.717) is 40.0 Å². The summed E-state index contributed by atoms with van der Waals surface area (Å²) in [6.45, 7) is 10.3. The second-order valence-electron chi connectivity index (χ2n) is 11.0. The number of benzene rings is 2. The predicted octanol–water partition coefficient (Wildman–Crippen LogP) is 7.61. The van der Waals surface area contributed by atoms with Crippen LogP contribution < -0.4 is 14.4 Å². The number of rotatable bonds is 10. The van der Waals surface area contributed by atoms with Crippen molar-refractivity contribution in [2.24, 2.45) is 13.0 Å². The number of anilines is 2. The zero-order chi connectivity index (χ0) is 29.8. The van der Waals surface area contributed by atoms with Crippen molar-refractivity contribution in [3.05, 3.63) is 70.0 Å². The highest BCUT2D eigenvalue weighted by atomic mass is 35.5. The Morgan fingerprint density at radius 1 is 1.05 bits per heavy atom. The second-order valence-corrected chi connectivity index (χ2v) is 12.6. The number of hydrogen-bond acceptors (Lipinski definition) is 8. The Hall–Kier alpha value is -2.98. The van der Waals surface area contributed by atoms with Crippen LogP contribution in [0.2, 0.25) is 10.0 Å². The molecule has 8 nitrogen and oxygen atoms in total. The van der Waals surface area contributed by atoms with E-state index < -0.39 is 0 Å². The van der Waals surface area contributed by atoms with Crippen LogP contribution in [-0.4, -0.2) is 57.9 Å². The van der Waals surface area contributed by atoms with Gasteiger partial charge in [-0.3, -0.25) is 9.40 Å². The number of likely N-dealkylation sites (N-methyl/N-ethyl adjacent to an activating group) is 1. The van der Waals surface area contributed by atoms with Gasteiger partial charge >= 0.3 is 0 Å². The highest BCUT2D eigenvalue weighted by molar-refractivity contribution is 8.00. The molecule has 5 rings (SSSR count). The van der Waals surface area contributed by atoms with E-state index in [-0.39, 0.29) is 0 Å². The molecule has 3 heterocycles. The van der Waals surface area contributed by atoms with E-state index in [1.165, 1.54) is 17.5 Å². The van der Waals surface area contributed by atoms with Crippen molar-refractivity contribution in [3.63, 3.8) is 0 Å². The summed E-state index contributed by atoms with van der Waals surface area (Å²) in [5, 5.41) is 5.06. The van der Waals surface area contributed by atoms with Gasteiger partial charge in [-0.15, -0.1) is 0 Å². The highest BCUT2D eigenvalue weighted by Crippen LogP contribution is 2.41. The molecule has 0 aliphatic carbocycles. The van der Waals surface area contributed by atoms with E-state index >= 15 is 0 Å². The zero-order valence-electron chi connectivity index (χ0n) is 24.7. The van der Waals surface area contributed by atoms with Crippen LogP contribution in [-0.2, 0) is 19.9 Å². The maximum absolute atomic E-state index is 6.74. The van der Waals surface area contributed by atoms with Gasteiger partial charge in [-0.25, -0.2) is 4.98 Å². The molecule has 11 heteroatoms. The Labute approximate surface area is 262 Å². The number of piperazine rings is 1. The standard InChI is InChI=1S/C31H37Cl2N7OS/c1-6-24-29(25-10-8-7-9-21(25)15-20(2)3)35-31(37-42-23-18-34-39(5)19-23)36-30(24)41-27-17-22(16-26(32)28(27)33)40-13-11-38(4)12-14-40/h7-10,16-20H,6,11-15H2,1-5H3,(H,35,36,37). The van der Waals surface area contributed by atoms with E-state index in [4.69, 9.17) is 37.9 Å². The molecule has 2 aromatic heterocycles. The first-order valence-electron chi connectivity index (χ1n) is 14.2. The molecule has 2 aromatic carbocycles. The van der Waals surface area contributed by atoms with Crippen LogP contribution in [0.15, 0.2) is 53.7 Å². The Morgan fingerprint density at radius 2 is 1.81 bits per heavy atom. The number of nitrogens with one attached hydrogen (secondary N) is 1. The van der Waals surface area contributed by atoms with Gasteiger partial charge in [0.05, 0.1) is 21.8 Å². The lowest BCUT2D eigenvalue weighted by Gasteiger charge is -2.34. The van der Waals surface area contributed by atoms with Crippen molar-refractivity contribution in [2.75, 3.05) is 42.8 Å². The van der Waals surface area contributed by atoms with Gasteiger partial charge in [0.2, 0.25) is 11.8 Å². The second kappa shape index (κ2) is 13.5. The van der Waals surface area contributed by atoms with E-state index in [1.54, 1.807) is 10.9 Å². The topological polar surface area (TPSA) is 71.3 Å². The monoisotopic (exact) mass is 625 g/mol. The summed E-state index contributed by atoms with van der Waals surface area (Å²) in [5.74, 6) is 1.84. The largest absolute Gasteiger partial charge is 0.437 e. The molecule has 0 spiro atoms. The third kappa shape index (κ3) is 7.14. The molecule has 1 fully saturated rings. The van der Waals surface area contributed by atoms with Gasteiger partial charge in [0.25, 0.3) is 0 Å². The number of ether oxygens (including phenoxy) is 1. The van der Waals surface area contributed by atoms with Gasteiger partial charge < -0.3 is 14.5 Å². The Balaban J connectivity index is 1.58. The van der Waals surface area contributed by atoms with Gasteiger partial charge in [0.1, 0.15) is 5.02 Å². The number of aryl methyl sites for hydroxylation is 1. The lowest BCUT2D eigenvalue weighted by Crippen LogP contribution is -2.44. The van der Waals surface area contributed by atoms with E-state index in [2.05, 4.69) is 71.7 Å². The first-order chi connectivity index (χ1) is 20.2. The third-order valence-electron chi connectivity index (χ3n) is 7.22. The summed E-state index contributed by atoms with van der Waals surface area (Å²) >= 11 is 14.8. The molecule has 222 valence electrons. The molecular formula is C31H37Cl2N7OS. The molecule has 42 heavy (non-hydrogen) atoms. The van der Waals surface area contributed by atoms with Crippen LogP contribution in [0.25, 0.3) is 11.3 Å². The zero-order valence-corrected chi connectivity index (χ0v) is 27.0. The van der Waals surface area contributed by atoms with E-state index in [0.717, 1.165) is 60.0 Å². The van der Waals surface area contributed by atoms with E-state index in [1.807, 2.05) is 25.4 Å². The van der Waals surface area contributed by atoms with Crippen molar-refractivity contribution in [1.82, 2.24) is 24.6 Å². The Kier molecular flexibility index (Phi) is 9.83. The number of halogens is 2. The maximum Gasteiger partial charge on any atom is 0.237 e. The van der Waals surface area contributed by atoms with Crippen molar-refractivity contribution in [3.8, 4) is 22.9 Å². The van der Waals surface area contributed by atoms with Gasteiger partial charge in [0, 0.05) is 62.3 Å². The smallest absolute Gasteiger partial charge is 0.237 e. The highest BCUT2D eigenvalue weighted by Gasteiger charge is 2.23. The first kappa shape index (κ1) is 30.5. The average molecular weight is 627 g/mol. The fourth-order valence-corrected chi connectivity index (χ4v) is 5.99. The molecule has 0 amide bonds. The molecule has 0 unspecified atom stereocenters. The Bertz CT molecular complexity index is 1540. The minimum atomic E-state index is 0.358. The van der Waals surface area contributed by atoms with Crippen LogP contribution in [0.5, 0.6) is 11.6 Å². The molecule has 0 atom stereocenters. The quantitative estimate of drug-likeness (QED) is 0.181. The summed E-state index contributed by atoms with van der Waals surface area (Å²) in [6.07, 6.45) is 5.32. The molecule has 1 N–H and O–H groups in total. The van der Waals surface area contributed by atoms with Gasteiger partial charge in [-0.2, -0.15) is 10.1 Å². The summed E-state index contributed by atoms with van der Waals surface area (Å²) < 4.78 is 11.6. The summed E-state index contributed by atoms with van der Waals surface area (Å²) in [4.78, 5) is 15.4. The minimum absolute atomic E-state index is 0.358. The lowest BCUT2D eigenvalue weighted by atomic mass is 9.94. The van der Waals surface area contributed by atoms with Crippen LogP contribution in [0, 0.1) is 5.92 Å². The van der Waals surface area contributed by atoms with Crippen molar-refractivity contribution >= 4 is 46.8 Å². The van der Waals surface area contributed by atoms with E-state index in [9.17, 15) is 0 Å². The molecular weight excluding hydrogens is 589 g/mol. The van der Waals surface area contributed by atoms with Crippen LogP contribution >= 0.6 is 35.1 Å². The maximum atomic E-state index is 6.74. The molecule has 0 saturated carbocycles. The summed E-state index contributed by atoms with van der Waals surface area (Å²) in [5.41, 5.74) is 5.02. The van der Waals surface area contributed by atoms with Crippen LogP contribution in [0.1, 0.15) is 31.9 Å². The molecule has 4 aromatic rings. The van der Waals surface area contributed by atoms with Crippen molar-refractivity contribution in [2.45, 2.75) is 38.5 Å². The first-order valence-corrected chi connectivity index (χ1v) is 15.8. The fraction of sp³-hybridized carbons (Fsp3) is 0.387. The van der Waals surface area contributed by atoms with Crippen LogP contribution in [0.4, 0.5) is 11.6 Å². The molecule has 0 bridgehead atoms. The minimum Gasteiger partial charge on any atom is -0.437 e. The summed E-state index contributed by atoms with van der Waals surface area (Å²) in [6, 6.07) is 12.3.